The third-order valence-corrected chi connectivity index (χ3v) is 7.47. The summed E-state index contributed by atoms with van der Waals surface area (Å²) in [4.78, 5) is 22.5. The first-order valence-corrected chi connectivity index (χ1v) is 11.3. The van der Waals surface area contributed by atoms with E-state index in [2.05, 4.69) is 16.9 Å². The van der Waals surface area contributed by atoms with E-state index in [0.29, 0.717) is 12.3 Å². The Labute approximate surface area is 169 Å². The van der Waals surface area contributed by atoms with E-state index in [1.54, 1.807) is 17.7 Å². The summed E-state index contributed by atoms with van der Waals surface area (Å²) in [5.41, 5.74) is 6.44. The molecule has 7 heteroatoms. The number of nitrogens with zero attached hydrogens (tertiary/aromatic N) is 2. The molecule has 0 unspecified atom stereocenters. The van der Waals surface area contributed by atoms with Gasteiger partial charge in [0.2, 0.25) is 11.8 Å². The largest absolute Gasteiger partial charge is 0.474 e. The molecular weight excluding hydrogens is 374 g/mol. The Morgan fingerprint density at radius 2 is 2.11 bits per heavy atom. The van der Waals surface area contributed by atoms with Crippen molar-refractivity contribution in [2.45, 2.75) is 82.8 Å². The van der Waals surface area contributed by atoms with E-state index in [4.69, 9.17) is 10.5 Å². The number of hydrogen-bond acceptors (Lipinski definition) is 6. The lowest BCUT2D eigenvalue weighted by Crippen LogP contribution is -2.29. The second-order valence-corrected chi connectivity index (χ2v) is 9.32. The van der Waals surface area contributed by atoms with Gasteiger partial charge in [-0.25, -0.2) is 9.97 Å². The molecule has 1 saturated carbocycles. The Kier molecular flexibility index (Phi) is 5.83. The average Bonchev–Trinajstić information content (AvgIpc) is 3.23. The minimum atomic E-state index is -1.12. The number of aliphatic hydroxyl groups is 1. The van der Waals surface area contributed by atoms with Gasteiger partial charge in [0.15, 0.2) is 0 Å². The summed E-state index contributed by atoms with van der Waals surface area (Å²) < 4.78 is 6.38. The quantitative estimate of drug-likeness (QED) is 0.734. The van der Waals surface area contributed by atoms with Gasteiger partial charge in [0.25, 0.3) is 0 Å². The zero-order chi connectivity index (χ0) is 19.7. The molecule has 0 bridgehead atoms. The molecule has 28 heavy (non-hydrogen) atoms. The Bertz CT molecular complexity index is 845. The summed E-state index contributed by atoms with van der Waals surface area (Å²) in [7, 11) is 0. The molecular formula is C21H29N3O3S. The predicted molar refractivity (Wildman–Crippen MR) is 110 cm³/mol. The van der Waals surface area contributed by atoms with E-state index in [1.807, 2.05) is 0 Å². The van der Waals surface area contributed by atoms with Crippen LogP contribution in [0.5, 0.6) is 5.88 Å². The number of carbonyl (C=O) groups is 1. The highest BCUT2D eigenvalue weighted by atomic mass is 32.1. The lowest BCUT2D eigenvalue weighted by atomic mass is 9.85. The monoisotopic (exact) mass is 403 g/mol. The topological polar surface area (TPSA) is 98.3 Å². The fourth-order valence-electron chi connectivity index (χ4n) is 4.86. The molecule has 0 aliphatic heterocycles. The van der Waals surface area contributed by atoms with Crippen molar-refractivity contribution in [3.63, 3.8) is 0 Å². The minimum Gasteiger partial charge on any atom is -0.474 e. The number of hydrogen-bond donors (Lipinski definition) is 2. The summed E-state index contributed by atoms with van der Waals surface area (Å²) in [6.45, 7) is 2.25. The number of rotatable bonds is 7. The number of nitrogens with two attached hydrogens (primary N) is 1. The number of aryl methyl sites for hydroxylation is 1. The molecule has 2 aliphatic rings. The molecule has 3 N–H and O–H groups in total. The van der Waals surface area contributed by atoms with E-state index in [0.717, 1.165) is 47.4 Å². The summed E-state index contributed by atoms with van der Waals surface area (Å²) >= 11 is 1.68. The van der Waals surface area contributed by atoms with Crippen LogP contribution in [0.3, 0.4) is 0 Å². The number of thiophene rings is 1. The molecule has 4 rings (SSSR count). The van der Waals surface area contributed by atoms with Crippen LogP contribution in [0.25, 0.3) is 10.2 Å². The standard InChI is InChI=1S/C21H29N3O3S/c1-2-3-12-4-7-14(8-5-12)27-20-18-17-13(10-15(25)19(22)26)6-9-16(17)28-21(18)24-11-23-20/h11-15,25H,2-10H2,1H3,(H2,22,26)/t12?,13-,14?,15+/m1/s1. The maximum Gasteiger partial charge on any atom is 0.246 e. The highest BCUT2D eigenvalue weighted by Crippen LogP contribution is 2.47. The number of aliphatic hydroxyl groups excluding tert-OH is 1. The van der Waals surface area contributed by atoms with Crippen LogP contribution in [0, 0.1) is 5.92 Å². The van der Waals surface area contributed by atoms with Crippen LogP contribution in [-0.4, -0.2) is 33.2 Å². The zero-order valence-electron chi connectivity index (χ0n) is 16.4. The summed E-state index contributed by atoms with van der Waals surface area (Å²) in [6, 6.07) is 0. The van der Waals surface area contributed by atoms with E-state index in [9.17, 15) is 9.90 Å². The van der Waals surface area contributed by atoms with Crippen molar-refractivity contribution in [1.29, 1.82) is 0 Å². The molecule has 0 aromatic carbocycles. The van der Waals surface area contributed by atoms with Crippen LogP contribution in [-0.2, 0) is 11.2 Å². The van der Waals surface area contributed by atoms with Crippen LogP contribution in [0.4, 0.5) is 0 Å². The number of primary amides is 1. The zero-order valence-corrected chi connectivity index (χ0v) is 17.2. The number of amides is 1. The van der Waals surface area contributed by atoms with Crippen LogP contribution in [0.15, 0.2) is 6.33 Å². The molecule has 2 heterocycles. The molecule has 6 nitrogen and oxygen atoms in total. The Hall–Kier alpha value is -1.73. The van der Waals surface area contributed by atoms with Crippen LogP contribution >= 0.6 is 11.3 Å². The first-order chi connectivity index (χ1) is 13.6. The van der Waals surface area contributed by atoms with Crippen molar-refractivity contribution in [1.82, 2.24) is 9.97 Å². The average molecular weight is 404 g/mol. The molecule has 1 amide bonds. The minimum absolute atomic E-state index is 0.0971. The van der Waals surface area contributed by atoms with Gasteiger partial charge in [-0.15, -0.1) is 11.3 Å². The second kappa shape index (κ2) is 8.33. The molecule has 2 aliphatic carbocycles. The van der Waals surface area contributed by atoms with Gasteiger partial charge in [-0.1, -0.05) is 19.8 Å². The first kappa shape index (κ1) is 19.6. The Morgan fingerprint density at radius 3 is 2.82 bits per heavy atom. The molecule has 152 valence electrons. The smallest absolute Gasteiger partial charge is 0.246 e. The fraction of sp³-hybridized carbons (Fsp3) is 0.667. The molecule has 0 saturated heterocycles. The number of carbonyl (C=O) groups excluding carboxylic acids is 1. The van der Waals surface area contributed by atoms with Crippen LogP contribution in [0.2, 0.25) is 0 Å². The SMILES string of the molecule is CCCC1CCC(Oc2ncnc3sc4c(c23)[C@@H](C[C@H](O)C(N)=O)CC4)CC1. The number of ether oxygens (including phenoxy) is 1. The Morgan fingerprint density at radius 1 is 1.32 bits per heavy atom. The predicted octanol–water partition coefficient (Wildman–Crippen LogP) is 3.70. The van der Waals surface area contributed by atoms with Gasteiger partial charge < -0.3 is 15.6 Å². The summed E-state index contributed by atoms with van der Waals surface area (Å²) in [5, 5.41) is 11.0. The van der Waals surface area contributed by atoms with Crippen molar-refractivity contribution in [3.05, 3.63) is 16.8 Å². The molecule has 2 aromatic heterocycles. The number of fused-ring (bicyclic) bond motifs is 3. The molecule has 1 fully saturated rings. The maximum atomic E-state index is 11.3. The highest BCUT2D eigenvalue weighted by Gasteiger charge is 2.33. The van der Waals surface area contributed by atoms with Gasteiger partial charge in [-0.3, -0.25) is 4.79 Å². The van der Waals surface area contributed by atoms with Crippen LogP contribution in [0.1, 0.15) is 74.6 Å². The lowest BCUT2D eigenvalue weighted by Gasteiger charge is -2.28. The van der Waals surface area contributed by atoms with Gasteiger partial charge in [0.1, 0.15) is 23.4 Å². The second-order valence-electron chi connectivity index (χ2n) is 8.24. The maximum absolute atomic E-state index is 11.3. The number of aromatic nitrogens is 2. The fourth-order valence-corrected chi connectivity index (χ4v) is 6.09. The van der Waals surface area contributed by atoms with Gasteiger partial charge in [-0.05, 0) is 62.3 Å². The first-order valence-electron chi connectivity index (χ1n) is 10.5. The van der Waals surface area contributed by atoms with Crippen molar-refractivity contribution in [2.75, 3.05) is 0 Å². The molecule has 2 atom stereocenters. The third-order valence-electron chi connectivity index (χ3n) is 6.30. The molecule has 0 radical (unpaired) electrons. The van der Waals surface area contributed by atoms with Crippen molar-refractivity contribution < 1.29 is 14.6 Å². The lowest BCUT2D eigenvalue weighted by molar-refractivity contribution is -0.126. The van der Waals surface area contributed by atoms with E-state index in [-0.39, 0.29) is 12.0 Å². The van der Waals surface area contributed by atoms with E-state index >= 15 is 0 Å². The molecule has 0 spiro atoms. The van der Waals surface area contributed by atoms with Crippen molar-refractivity contribution in [2.24, 2.45) is 11.7 Å². The highest BCUT2D eigenvalue weighted by molar-refractivity contribution is 7.19. The van der Waals surface area contributed by atoms with Gasteiger partial charge in [-0.2, -0.15) is 0 Å². The van der Waals surface area contributed by atoms with Gasteiger partial charge in [0.05, 0.1) is 5.39 Å². The third kappa shape index (κ3) is 3.87. The normalized spacial score (nSPS) is 25.6. The van der Waals surface area contributed by atoms with E-state index in [1.165, 1.54) is 30.6 Å². The van der Waals surface area contributed by atoms with Gasteiger partial charge >= 0.3 is 0 Å². The van der Waals surface area contributed by atoms with Gasteiger partial charge in [0, 0.05) is 4.88 Å². The van der Waals surface area contributed by atoms with E-state index < -0.39 is 12.0 Å². The van der Waals surface area contributed by atoms with Crippen LogP contribution < -0.4 is 10.5 Å². The molecule has 2 aromatic rings. The summed E-state index contributed by atoms with van der Waals surface area (Å²) in [5.74, 6) is 0.937. The summed E-state index contributed by atoms with van der Waals surface area (Å²) in [6.07, 6.45) is 10.0. The van der Waals surface area contributed by atoms with Crippen molar-refractivity contribution >= 4 is 27.5 Å². The van der Waals surface area contributed by atoms with Crippen molar-refractivity contribution in [3.8, 4) is 5.88 Å². The Balaban J connectivity index is 1.56.